The summed E-state index contributed by atoms with van der Waals surface area (Å²) in [6.45, 7) is 16.3. The van der Waals surface area contributed by atoms with Crippen molar-refractivity contribution >= 4 is 17.9 Å². The van der Waals surface area contributed by atoms with Gasteiger partial charge in [-0.05, 0) is 69.2 Å². The molecule has 0 saturated carbocycles. The van der Waals surface area contributed by atoms with Gasteiger partial charge in [-0.25, -0.2) is 4.79 Å². The monoisotopic (exact) mass is 593 g/mol. The van der Waals surface area contributed by atoms with Crippen molar-refractivity contribution < 1.29 is 19.1 Å². The average molecular weight is 594 g/mol. The van der Waals surface area contributed by atoms with Gasteiger partial charge in [0, 0.05) is 13.1 Å². The minimum atomic E-state index is -0.847. The summed E-state index contributed by atoms with van der Waals surface area (Å²) in [5, 5.41) is 5.99. The zero-order chi connectivity index (χ0) is 32.0. The summed E-state index contributed by atoms with van der Waals surface area (Å²) in [6, 6.07) is 14.0. The Labute approximate surface area is 260 Å². The summed E-state index contributed by atoms with van der Waals surface area (Å²) in [5.41, 5.74) is 2.99. The number of hydrogen-bond donors (Lipinski definition) is 2. The van der Waals surface area contributed by atoms with Gasteiger partial charge < -0.3 is 20.3 Å². The molecule has 0 saturated heterocycles. The van der Waals surface area contributed by atoms with Crippen LogP contribution < -0.4 is 10.6 Å². The molecule has 2 rings (SSSR count). The third-order valence-electron chi connectivity index (χ3n) is 7.87. The first-order valence-electron chi connectivity index (χ1n) is 16.1. The van der Waals surface area contributed by atoms with Crippen molar-refractivity contribution in [3.63, 3.8) is 0 Å². The summed E-state index contributed by atoms with van der Waals surface area (Å²) in [7, 11) is 0. The number of ether oxygens (including phenoxy) is 1. The maximum atomic E-state index is 14.6. The van der Waals surface area contributed by atoms with E-state index in [0.29, 0.717) is 19.5 Å². The quantitative estimate of drug-likeness (QED) is 0.195. The van der Waals surface area contributed by atoms with Crippen LogP contribution in [-0.2, 0) is 20.9 Å². The van der Waals surface area contributed by atoms with Gasteiger partial charge in [0.1, 0.15) is 17.7 Å². The summed E-state index contributed by atoms with van der Waals surface area (Å²) < 4.78 is 5.55. The Morgan fingerprint density at radius 3 is 2.05 bits per heavy atom. The van der Waals surface area contributed by atoms with Crippen molar-refractivity contribution in [3.05, 3.63) is 70.8 Å². The number of aryl methyl sites for hydroxylation is 2. The van der Waals surface area contributed by atoms with E-state index < -0.39 is 23.8 Å². The Balaban J connectivity index is 2.54. The van der Waals surface area contributed by atoms with Crippen LogP contribution in [0.4, 0.5) is 4.79 Å². The third kappa shape index (κ3) is 11.7. The zero-order valence-electron chi connectivity index (χ0n) is 27.8. The summed E-state index contributed by atoms with van der Waals surface area (Å²) in [4.78, 5) is 43.4. The van der Waals surface area contributed by atoms with Crippen LogP contribution in [0.3, 0.4) is 0 Å². The van der Waals surface area contributed by atoms with Crippen molar-refractivity contribution in [2.24, 2.45) is 5.92 Å². The van der Waals surface area contributed by atoms with E-state index in [9.17, 15) is 14.4 Å². The number of carbonyl (C=O) groups is 3. The number of unbranched alkanes of at least 4 members (excludes halogenated alkanes) is 5. The molecule has 2 aromatic carbocycles. The predicted octanol–water partition coefficient (Wildman–Crippen LogP) is 7.79. The van der Waals surface area contributed by atoms with Gasteiger partial charge in [0.2, 0.25) is 11.8 Å². The molecule has 238 valence electrons. The Hall–Kier alpha value is -3.35. The van der Waals surface area contributed by atoms with Crippen LogP contribution in [0.5, 0.6) is 0 Å². The van der Waals surface area contributed by atoms with Gasteiger partial charge in [-0.2, -0.15) is 0 Å². The topological polar surface area (TPSA) is 87.7 Å². The first-order chi connectivity index (χ1) is 20.4. The highest BCUT2D eigenvalue weighted by Gasteiger charge is 2.39. The first kappa shape index (κ1) is 35.8. The minimum absolute atomic E-state index is 0.168. The van der Waals surface area contributed by atoms with E-state index in [4.69, 9.17) is 4.74 Å². The molecule has 3 amide bonds. The van der Waals surface area contributed by atoms with Crippen LogP contribution in [-0.4, -0.2) is 41.0 Å². The molecule has 3 atom stereocenters. The largest absolute Gasteiger partial charge is 0.444 e. The molecule has 7 heteroatoms. The van der Waals surface area contributed by atoms with Crippen LogP contribution in [0.15, 0.2) is 48.5 Å². The molecule has 2 N–H and O–H groups in total. The number of amides is 3. The second-order valence-electron chi connectivity index (χ2n) is 12.7. The minimum Gasteiger partial charge on any atom is -0.444 e. The number of nitrogens with zero attached hydrogens (tertiary/aromatic N) is 1. The van der Waals surface area contributed by atoms with Crippen LogP contribution in [0.25, 0.3) is 0 Å². The molecule has 0 bridgehead atoms. The molecular formula is C36H55N3O4. The van der Waals surface area contributed by atoms with Crippen LogP contribution in [0, 0.1) is 19.8 Å². The van der Waals surface area contributed by atoms with Crippen LogP contribution in [0.2, 0.25) is 0 Å². The summed E-state index contributed by atoms with van der Waals surface area (Å²) >= 11 is 0. The Morgan fingerprint density at radius 2 is 1.47 bits per heavy atom. The van der Waals surface area contributed by atoms with Gasteiger partial charge >= 0.3 is 6.09 Å². The molecule has 0 fully saturated rings. The van der Waals surface area contributed by atoms with E-state index in [1.54, 1.807) is 25.7 Å². The van der Waals surface area contributed by atoms with Crippen molar-refractivity contribution in [3.8, 4) is 0 Å². The standard InChI is InChI=1S/C36H55N3O4/c1-9-11-12-13-14-18-24-39(34(41)31(26(3)10-2)38-35(42)43-36(6,7)8)32(30-27(4)20-19-21-28(30)5)33(40)37-25-29-22-16-15-17-23-29/h15-17,19-23,26,31-32H,9-14,18,24-25H2,1-8H3,(H,37,40)(H,38,42). The van der Waals surface area contributed by atoms with E-state index in [1.807, 2.05) is 76.2 Å². The van der Waals surface area contributed by atoms with Crippen molar-refractivity contribution in [1.82, 2.24) is 15.5 Å². The molecule has 0 heterocycles. The molecule has 0 aliphatic heterocycles. The molecular weight excluding hydrogens is 538 g/mol. The van der Waals surface area contributed by atoms with Gasteiger partial charge in [-0.15, -0.1) is 0 Å². The Morgan fingerprint density at radius 1 is 0.860 bits per heavy atom. The van der Waals surface area contributed by atoms with Crippen molar-refractivity contribution in [1.29, 1.82) is 0 Å². The normalized spacial score (nSPS) is 13.5. The SMILES string of the molecule is CCCCCCCCN(C(=O)C(NC(=O)OC(C)(C)C)C(C)CC)C(C(=O)NCc1ccccc1)c1c(C)cccc1C. The van der Waals surface area contributed by atoms with E-state index in [1.165, 1.54) is 6.42 Å². The van der Waals surface area contributed by atoms with Gasteiger partial charge in [0.15, 0.2) is 0 Å². The van der Waals surface area contributed by atoms with E-state index >= 15 is 0 Å². The van der Waals surface area contributed by atoms with Gasteiger partial charge in [0.25, 0.3) is 0 Å². The van der Waals surface area contributed by atoms with Crippen molar-refractivity contribution in [2.75, 3.05) is 6.54 Å². The number of rotatable bonds is 16. The van der Waals surface area contributed by atoms with E-state index in [0.717, 1.165) is 54.4 Å². The number of carbonyl (C=O) groups excluding carboxylic acids is 3. The van der Waals surface area contributed by atoms with Gasteiger partial charge in [-0.1, -0.05) is 108 Å². The molecule has 7 nitrogen and oxygen atoms in total. The van der Waals surface area contributed by atoms with Crippen LogP contribution >= 0.6 is 0 Å². The van der Waals surface area contributed by atoms with Crippen LogP contribution in [0.1, 0.15) is 115 Å². The zero-order valence-corrected chi connectivity index (χ0v) is 27.8. The number of hydrogen-bond acceptors (Lipinski definition) is 4. The van der Waals surface area contributed by atoms with Gasteiger partial charge in [0.05, 0.1) is 0 Å². The molecule has 0 aliphatic rings. The average Bonchev–Trinajstić information content (AvgIpc) is 2.95. The lowest BCUT2D eigenvalue weighted by atomic mass is 9.91. The fourth-order valence-electron chi connectivity index (χ4n) is 5.29. The lowest BCUT2D eigenvalue weighted by Crippen LogP contribution is -2.55. The molecule has 0 aliphatic carbocycles. The Kier molecular flexibility index (Phi) is 14.7. The second kappa shape index (κ2) is 17.7. The molecule has 0 aromatic heterocycles. The third-order valence-corrected chi connectivity index (χ3v) is 7.87. The fraction of sp³-hybridized carbons (Fsp3) is 0.583. The smallest absolute Gasteiger partial charge is 0.408 e. The molecule has 2 aromatic rings. The molecule has 0 spiro atoms. The summed E-state index contributed by atoms with van der Waals surface area (Å²) in [5.74, 6) is -0.671. The maximum Gasteiger partial charge on any atom is 0.408 e. The Bertz CT molecular complexity index is 1140. The highest BCUT2D eigenvalue weighted by atomic mass is 16.6. The van der Waals surface area contributed by atoms with E-state index in [-0.39, 0.29) is 17.7 Å². The highest BCUT2D eigenvalue weighted by molar-refractivity contribution is 5.92. The second-order valence-corrected chi connectivity index (χ2v) is 12.7. The highest BCUT2D eigenvalue weighted by Crippen LogP contribution is 2.30. The number of benzene rings is 2. The maximum absolute atomic E-state index is 14.6. The number of alkyl carbamates (subject to hydrolysis) is 1. The fourth-order valence-corrected chi connectivity index (χ4v) is 5.29. The lowest BCUT2D eigenvalue weighted by molar-refractivity contribution is -0.143. The number of nitrogens with one attached hydrogen (secondary N) is 2. The lowest BCUT2D eigenvalue weighted by Gasteiger charge is -2.37. The molecule has 3 unspecified atom stereocenters. The molecule has 43 heavy (non-hydrogen) atoms. The van der Waals surface area contributed by atoms with Gasteiger partial charge in [-0.3, -0.25) is 9.59 Å². The summed E-state index contributed by atoms with van der Waals surface area (Å²) in [6.07, 6.45) is 6.34. The van der Waals surface area contributed by atoms with E-state index in [2.05, 4.69) is 17.6 Å². The predicted molar refractivity (Wildman–Crippen MR) is 175 cm³/mol. The first-order valence-corrected chi connectivity index (χ1v) is 16.1. The van der Waals surface area contributed by atoms with Crippen molar-refractivity contribution in [2.45, 2.75) is 125 Å². The molecule has 0 radical (unpaired) electrons.